The molecular formula is C12H6F3N5O2. The number of nitro benzene ring substituents is 1. The molecule has 0 N–H and O–H groups in total. The number of aliphatic imine (C=N–C) groups is 4. The van der Waals surface area contributed by atoms with Crippen LogP contribution in [0.4, 0.5) is 18.9 Å². The van der Waals surface area contributed by atoms with E-state index in [-0.39, 0.29) is 11.5 Å². The van der Waals surface area contributed by atoms with E-state index in [1.807, 2.05) is 0 Å². The van der Waals surface area contributed by atoms with Crippen molar-refractivity contribution in [1.82, 2.24) is 0 Å². The summed E-state index contributed by atoms with van der Waals surface area (Å²) in [5, 5.41) is 10.8. The van der Waals surface area contributed by atoms with E-state index in [4.69, 9.17) is 0 Å². The number of nitrogens with zero attached hydrogens (tertiary/aromatic N) is 5. The lowest BCUT2D eigenvalue weighted by Crippen LogP contribution is -2.43. The molecule has 0 amide bonds. The Morgan fingerprint density at radius 3 is 2.73 bits per heavy atom. The Hall–Kier alpha value is -2.91. The lowest BCUT2D eigenvalue weighted by molar-refractivity contribution is -0.385. The van der Waals surface area contributed by atoms with Gasteiger partial charge >= 0.3 is 6.18 Å². The van der Waals surface area contributed by atoms with E-state index >= 15 is 0 Å². The van der Waals surface area contributed by atoms with Crippen LogP contribution in [0.3, 0.4) is 0 Å². The van der Waals surface area contributed by atoms with Crippen LogP contribution in [-0.4, -0.2) is 35.2 Å². The van der Waals surface area contributed by atoms with Gasteiger partial charge in [-0.15, -0.1) is 0 Å². The Morgan fingerprint density at radius 2 is 2.05 bits per heavy atom. The number of benzene rings is 1. The molecule has 22 heavy (non-hydrogen) atoms. The first kappa shape index (κ1) is 14.0. The fraction of sp³-hybridized carbons (Fsp3) is 0.167. The topological polar surface area (TPSA) is 92.6 Å². The third-order valence-corrected chi connectivity index (χ3v) is 3.10. The van der Waals surface area contributed by atoms with Gasteiger partial charge < -0.3 is 0 Å². The van der Waals surface area contributed by atoms with Crippen molar-refractivity contribution in [3.8, 4) is 0 Å². The Bertz CT molecular complexity index is 781. The molecule has 1 atom stereocenters. The van der Waals surface area contributed by atoms with Gasteiger partial charge in [-0.05, 0) is 0 Å². The fourth-order valence-corrected chi connectivity index (χ4v) is 2.06. The maximum absolute atomic E-state index is 13.6. The standard InChI is InChI=1S/C12H6F3N5O2/c13-12(14,15)11(7-2-1-3-8(4-7)20(21)22)18-5-9-10(19-11)17-6-16-9/h1-6H. The van der Waals surface area contributed by atoms with Gasteiger partial charge in [0, 0.05) is 17.7 Å². The van der Waals surface area contributed by atoms with Crippen LogP contribution in [0.2, 0.25) is 0 Å². The van der Waals surface area contributed by atoms with Crippen LogP contribution < -0.4 is 0 Å². The van der Waals surface area contributed by atoms with Crippen molar-refractivity contribution in [3.63, 3.8) is 0 Å². The SMILES string of the molecule is O=[N+]([O-])c1cccc(C2(C(F)(F)F)N=CC3=NC=NC3=N2)c1. The summed E-state index contributed by atoms with van der Waals surface area (Å²) in [6, 6.07) is 4.13. The lowest BCUT2D eigenvalue weighted by Gasteiger charge is -2.30. The van der Waals surface area contributed by atoms with Gasteiger partial charge in [-0.1, -0.05) is 12.1 Å². The zero-order chi connectivity index (χ0) is 16.0. The van der Waals surface area contributed by atoms with Crippen LogP contribution in [0, 0.1) is 10.1 Å². The summed E-state index contributed by atoms with van der Waals surface area (Å²) in [6.45, 7) is 0. The number of non-ortho nitro benzene ring substituents is 1. The van der Waals surface area contributed by atoms with Gasteiger partial charge in [0.15, 0.2) is 5.84 Å². The third kappa shape index (κ3) is 2.00. The van der Waals surface area contributed by atoms with Crippen molar-refractivity contribution < 1.29 is 18.1 Å². The molecule has 0 aromatic heterocycles. The Morgan fingerprint density at radius 1 is 1.27 bits per heavy atom. The number of fused-ring (bicyclic) bond motifs is 1. The van der Waals surface area contributed by atoms with Crippen LogP contribution in [0.5, 0.6) is 0 Å². The maximum atomic E-state index is 13.6. The monoisotopic (exact) mass is 309 g/mol. The number of nitro groups is 1. The predicted octanol–water partition coefficient (Wildman–Crippen LogP) is 2.28. The molecule has 1 unspecified atom stereocenters. The van der Waals surface area contributed by atoms with Crippen LogP contribution >= 0.6 is 0 Å². The van der Waals surface area contributed by atoms with E-state index in [1.165, 1.54) is 0 Å². The maximum Gasteiger partial charge on any atom is 0.438 e. The Kier molecular flexibility index (Phi) is 2.90. The minimum absolute atomic E-state index is 0.116. The minimum atomic E-state index is -4.89. The fourth-order valence-electron chi connectivity index (χ4n) is 2.06. The predicted molar refractivity (Wildman–Crippen MR) is 72.7 cm³/mol. The first-order chi connectivity index (χ1) is 10.3. The highest BCUT2D eigenvalue weighted by Crippen LogP contribution is 2.45. The van der Waals surface area contributed by atoms with Gasteiger partial charge in [-0.3, -0.25) is 10.1 Å². The highest BCUT2D eigenvalue weighted by atomic mass is 19.4. The lowest BCUT2D eigenvalue weighted by atomic mass is 9.98. The van der Waals surface area contributed by atoms with E-state index in [1.54, 1.807) is 0 Å². The molecule has 0 bridgehead atoms. The van der Waals surface area contributed by atoms with Crippen LogP contribution in [0.25, 0.3) is 0 Å². The Balaban J connectivity index is 2.21. The summed E-state index contributed by atoms with van der Waals surface area (Å²) in [5.41, 5.74) is -3.79. The third-order valence-electron chi connectivity index (χ3n) is 3.10. The van der Waals surface area contributed by atoms with E-state index in [0.29, 0.717) is 0 Å². The normalized spacial score (nSPS) is 23.0. The quantitative estimate of drug-likeness (QED) is 0.619. The molecule has 3 rings (SSSR count). The molecule has 0 spiro atoms. The number of halogens is 3. The zero-order valence-corrected chi connectivity index (χ0v) is 10.7. The second-order valence-electron chi connectivity index (χ2n) is 4.43. The summed E-state index contributed by atoms with van der Waals surface area (Å²) >= 11 is 0. The molecule has 1 aromatic carbocycles. The molecule has 2 aliphatic rings. The van der Waals surface area contributed by atoms with Crippen LogP contribution in [0.1, 0.15) is 5.56 Å². The molecule has 1 aromatic rings. The first-order valence-corrected chi connectivity index (χ1v) is 5.91. The smallest absolute Gasteiger partial charge is 0.258 e. The zero-order valence-electron chi connectivity index (χ0n) is 10.7. The second-order valence-corrected chi connectivity index (χ2v) is 4.43. The van der Waals surface area contributed by atoms with Gasteiger partial charge in [0.05, 0.1) is 11.1 Å². The van der Waals surface area contributed by atoms with Crippen molar-refractivity contribution in [2.75, 3.05) is 0 Å². The van der Waals surface area contributed by atoms with Gasteiger partial charge in [0.25, 0.3) is 11.4 Å². The minimum Gasteiger partial charge on any atom is -0.258 e. The highest BCUT2D eigenvalue weighted by molar-refractivity contribution is 6.65. The van der Waals surface area contributed by atoms with Gasteiger partial charge in [0.2, 0.25) is 0 Å². The van der Waals surface area contributed by atoms with E-state index < -0.39 is 28.0 Å². The van der Waals surface area contributed by atoms with Crippen LogP contribution in [0.15, 0.2) is 44.2 Å². The van der Waals surface area contributed by atoms with Crippen molar-refractivity contribution in [2.45, 2.75) is 11.8 Å². The average molecular weight is 309 g/mol. The molecule has 7 nitrogen and oxygen atoms in total. The molecule has 10 heteroatoms. The van der Waals surface area contributed by atoms with Crippen molar-refractivity contribution in [2.24, 2.45) is 20.0 Å². The van der Waals surface area contributed by atoms with Gasteiger partial charge in [-0.2, -0.15) is 13.2 Å². The van der Waals surface area contributed by atoms with Crippen molar-refractivity contribution >= 4 is 29.8 Å². The van der Waals surface area contributed by atoms with Gasteiger partial charge in [0.1, 0.15) is 12.1 Å². The Labute approximate surface area is 120 Å². The molecular weight excluding hydrogens is 303 g/mol. The molecule has 0 fully saturated rings. The molecule has 0 saturated heterocycles. The van der Waals surface area contributed by atoms with Gasteiger partial charge in [-0.25, -0.2) is 20.0 Å². The molecule has 0 radical (unpaired) electrons. The van der Waals surface area contributed by atoms with Crippen molar-refractivity contribution in [3.05, 3.63) is 39.9 Å². The highest BCUT2D eigenvalue weighted by Gasteiger charge is 2.58. The summed E-state index contributed by atoms with van der Waals surface area (Å²) in [5.74, 6) is -0.209. The largest absolute Gasteiger partial charge is 0.438 e. The van der Waals surface area contributed by atoms with Crippen LogP contribution in [-0.2, 0) is 5.66 Å². The molecule has 0 saturated carbocycles. The summed E-state index contributed by atoms with van der Waals surface area (Å²) in [6.07, 6.45) is -2.91. The first-order valence-electron chi connectivity index (χ1n) is 5.91. The second kappa shape index (κ2) is 4.55. The molecule has 2 heterocycles. The number of hydrogen-bond donors (Lipinski definition) is 0. The number of rotatable bonds is 2. The van der Waals surface area contributed by atoms with Crippen molar-refractivity contribution in [1.29, 1.82) is 0 Å². The number of alkyl halides is 3. The molecule has 2 aliphatic heterocycles. The number of hydrogen-bond acceptors (Lipinski definition) is 6. The average Bonchev–Trinajstić information content (AvgIpc) is 2.93. The summed E-state index contributed by atoms with van der Waals surface area (Å²) in [4.78, 5) is 24.4. The van der Waals surface area contributed by atoms with E-state index in [9.17, 15) is 23.3 Å². The van der Waals surface area contributed by atoms with E-state index in [2.05, 4.69) is 20.0 Å². The molecule has 112 valence electrons. The number of amidine groups is 1. The molecule has 0 aliphatic carbocycles. The van der Waals surface area contributed by atoms with E-state index in [0.717, 1.165) is 36.8 Å². The summed E-state index contributed by atoms with van der Waals surface area (Å²) < 4.78 is 40.8. The summed E-state index contributed by atoms with van der Waals surface area (Å²) in [7, 11) is 0.